The van der Waals surface area contributed by atoms with Crippen molar-refractivity contribution in [3.8, 4) is 12.3 Å². The van der Waals surface area contributed by atoms with Crippen molar-refractivity contribution in [3.05, 3.63) is 38.3 Å². The van der Waals surface area contributed by atoms with Gasteiger partial charge in [0.05, 0.1) is 16.6 Å². The highest BCUT2D eigenvalue weighted by Gasteiger charge is 2.10. The van der Waals surface area contributed by atoms with Crippen molar-refractivity contribution in [1.82, 2.24) is 20.3 Å². The Hall–Kier alpha value is -1.88. The Morgan fingerprint density at radius 2 is 2.29 bits per heavy atom. The molecule has 3 aromatic heterocycles. The molecule has 0 saturated carbocycles. The zero-order valence-corrected chi connectivity index (χ0v) is 15.7. The number of aromatic amines is 1. The first-order valence-electron chi connectivity index (χ1n) is 7.67. The minimum atomic E-state index is 0.787. The van der Waals surface area contributed by atoms with Crippen LogP contribution >= 0.6 is 27.3 Å². The fourth-order valence-corrected chi connectivity index (χ4v) is 4.07. The largest absolute Gasteiger partial charge is 0.356 e. The molecule has 0 aliphatic rings. The second-order valence-electron chi connectivity index (χ2n) is 5.37. The number of nitrogens with zero attached hydrogens (tertiary/aromatic N) is 2. The molecular formula is C17H18BrN5S. The fraction of sp³-hybridized carbons (Fsp3) is 0.294. The Kier molecular flexibility index (Phi) is 5.51. The van der Waals surface area contributed by atoms with E-state index in [0.29, 0.717) is 0 Å². The van der Waals surface area contributed by atoms with Crippen molar-refractivity contribution in [3.63, 3.8) is 0 Å². The smallest absolute Gasteiger partial charge is 0.201 e. The summed E-state index contributed by atoms with van der Waals surface area (Å²) in [6.07, 6.45) is 10.0. The van der Waals surface area contributed by atoms with Crippen LogP contribution in [0.2, 0.25) is 0 Å². The standard InChI is InChI=1S/C17H18BrN5S/c1-3-14-16(18)11(2)15(24-14)10-19-6-4-7-21-17-22-12-5-8-20-9-13(12)23-17/h1,5,8-9,19H,4,6-7,10H2,2H3,(H2,21,22,23). The number of hydrogen-bond acceptors (Lipinski definition) is 5. The molecule has 24 heavy (non-hydrogen) atoms. The highest BCUT2D eigenvalue weighted by atomic mass is 79.9. The van der Waals surface area contributed by atoms with Crippen LogP contribution in [-0.4, -0.2) is 28.0 Å². The van der Waals surface area contributed by atoms with E-state index >= 15 is 0 Å². The summed E-state index contributed by atoms with van der Waals surface area (Å²) in [5, 5.41) is 6.76. The number of terminal acetylenes is 1. The van der Waals surface area contributed by atoms with E-state index in [1.807, 2.05) is 6.07 Å². The van der Waals surface area contributed by atoms with Gasteiger partial charge in [0.2, 0.25) is 5.95 Å². The zero-order chi connectivity index (χ0) is 16.9. The SMILES string of the molecule is C#Cc1sc(CNCCCNc2nc3cnccc3[nH]2)c(C)c1Br. The van der Waals surface area contributed by atoms with Gasteiger partial charge in [-0.15, -0.1) is 17.8 Å². The molecule has 124 valence electrons. The Morgan fingerprint density at radius 1 is 1.42 bits per heavy atom. The quantitative estimate of drug-likeness (QED) is 0.415. The molecule has 0 radical (unpaired) electrons. The van der Waals surface area contributed by atoms with E-state index in [1.54, 1.807) is 23.7 Å². The van der Waals surface area contributed by atoms with Crippen molar-refractivity contribution in [2.75, 3.05) is 18.4 Å². The van der Waals surface area contributed by atoms with Crippen molar-refractivity contribution in [2.24, 2.45) is 0 Å². The van der Waals surface area contributed by atoms with Gasteiger partial charge >= 0.3 is 0 Å². The van der Waals surface area contributed by atoms with Gasteiger partial charge < -0.3 is 15.6 Å². The number of thiophene rings is 1. The molecule has 0 bridgehead atoms. The van der Waals surface area contributed by atoms with Crippen LogP contribution in [0, 0.1) is 19.3 Å². The molecule has 0 amide bonds. The van der Waals surface area contributed by atoms with Gasteiger partial charge in [-0.25, -0.2) is 4.98 Å². The number of imidazole rings is 1. The van der Waals surface area contributed by atoms with Gasteiger partial charge in [0.25, 0.3) is 0 Å². The van der Waals surface area contributed by atoms with Gasteiger partial charge in [-0.1, -0.05) is 5.92 Å². The Balaban J connectivity index is 1.40. The van der Waals surface area contributed by atoms with Crippen LogP contribution in [0.4, 0.5) is 5.95 Å². The maximum Gasteiger partial charge on any atom is 0.201 e. The van der Waals surface area contributed by atoms with E-state index in [4.69, 9.17) is 6.42 Å². The number of aromatic nitrogens is 3. The molecule has 0 atom stereocenters. The van der Waals surface area contributed by atoms with Gasteiger partial charge in [-0.3, -0.25) is 4.98 Å². The monoisotopic (exact) mass is 403 g/mol. The van der Waals surface area contributed by atoms with Crippen LogP contribution in [0.1, 0.15) is 21.7 Å². The van der Waals surface area contributed by atoms with Gasteiger partial charge in [-0.2, -0.15) is 0 Å². The lowest BCUT2D eigenvalue weighted by atomic mass is 10.2. The molecule has 5 nitrogen and oxygen atoms in total. The molecular weight excluding hydrogens is 386 g/mol. The average molecular weight is 404 g/mol. The van der Waals surface area contributed by atoms with Crippen LogP contribution in [0.5, 0.6) is 0 Å². The molecule has 3 N–H and O–H groups in total. The maximum atomic E-state index is 5.50. The third-order valence-corrected chi connectivity index (χ3v) is 6.17. The number of fused-ring (bicyclic) bond motifs is 1. The lowest BCUT2D eigenvalue weighted by Gasteiger charge is -2.05. The molecule has 7 heteroatoms. The Bertz CT molecular complexity index is 844. The third kappa shape index (κ3) is 3.78. The maximum absolute atomic E-state index is 5.50. The number of H-pyrrole nitrogens is 1. The summed E-state index contributed by atoms with van der Waals surface area (Å²) in [4.78, 5) is 14.0. The highest BCUT2D eigenvalue weighted by molar-refractivity contribution is 9.10. The van der Waals surface area contributed by atoms with E-state index in [1.165, 1.54) is 10.4 Å². The summed E-state index contributed by atoms with van der Waals surface area (Å²) >= 11 is 5.22. The van der Waals surface area contributed by atoms with Crippen molar-refractivity contribution < 1.29 is 0 Å². The predicted octanol–water partition coefficient (Wildman–Crippen LogP) is 3.66. The minimum absolute atomic E-state index is 0.787. The van der Waals surface area contributed by atoms with E-state index in [-0.39, 0.29) is 0 Å². The Labute approximate surface area is 153 Å². The molecule has 0 aliphatic heterocycles. The molecule has 0 unspecified atom stereocenters. The third-order valence-electron chi connectivity index (χ3n) is 3.70. The average Bonchev–Trinajstić information content (AvgIpc) is 3.13. The van der Waals surface area contributed by atoms with Gasteiger partial charge in [0, 0.05) is 28.6 Å². The second kappa shape index (κ2) is 7.79. The number of halogens is 1. The van der Waals surface area contributed by atoms with Crippen LogP contribution in [0.3, 0.4) is 0 Å². The summed E-state index contributed by atoms with van der Waals surface area (Å²) in [6.45, 7) is 4.71. The van der Waals surface area contributed by atoms with Crippen LogP contribution in [0.25, 0.3) is 11.0 Å². The van der Waals surface area contributed by atoms with Gasteiger partial charge in [-0.05, 0) is 47.4 Å². The molecule has 3 aromatic rings. The van der Waals surface area contributed by atoms with E-state index in [9.17, 15) is 0 Å². The van der Waals surface area contributed by atoms with Gasteiger partial charge in [0.15, 0.2) is 0 Å². The first kappa shape index (κ1) is 17.0. The van der Waals surface area contributed by atoms with E-state index in [2.05, 4.69) is 54.4 Å². The number of nitrogens with one attached hydrogen (secondary N) is 3. The molecule has 0 aliphatic carbocycles. The highest BCUT2D eigenvalue weighted by Crippen LogP contribution is 2.31. The van der Waals surface area contributed by atoms with E-state index < -0.39 is 0 Å². The van der Waals surface area contributed by atoms with Crippen LogP contribution < -0.4 is 10.6 Å². The van der Waals surface area contributed by atoms with Gasteiger partial charge in [0.1, 0.15) is 5.52 Å². The topological polar surface area (TPSA) is 65.6 Å². The molecule has 0 spiro atoms. The number of hydrogen-bond donors (Lipinski definition) is 3. The minimum Gasteiger partial charge on any atom is -0.356 e. The molecule has 0 aromatic carbocycles. The first-order chi connectivity index (χ1) is 11.7. The van der Waals surface area contributed by atoms with Crippen LogP contribution in [-0.2, 0) is 6.54 Å². The summed E-state index contributed by atoms with van der Waals surface area (Å²) in [7, 11) is 0. The second-order valence-corrected chi connectivity index (χ2v) is 7.27. The normalized spacial score (nSPS) is 10.9. The summed E-state index contributed by atoms with van der Waals surface area (Å²) < 4.78 is 1.05. The summed E-state index contributed by atoms with van der Waals surface area (Å²) in [6, 6.07) is 1.92. The number of rotatable bonds is 7. The fourth-order valence-electron chi connectivity index (χ4n) is 2.36. The zero-order valence-electron chi connectivity index (χ0n) is 13.3. The summed E-state index contributed by atoms with van der Waals surface area (Å²) in [5.74, 6) is 3.50. The molecule has 3 heterocycles. The van der Waals surface area contributed by atoms with Crippen molar-refractivity contribution >= 4 is 44.2 Å². The number of pyridine rings is 1. The van der Waals surface area contributed by atoms with Crippen molar-refractivity contribution in [1.29, 1.82) is 0 Å². The van der Waals surface area contributed by atoms with Crippen molar-refractivity contribution in [2.45, 2.75) is 19.9 Å². The first-order valence-corrected chi connectivity index (χ1v) is 9.28. The van der Waals surface area contributed by atoms with Crippen LogP contribution in [0.15, 0.2) is 22.9 Å². The lowest BCUT2D eigenvalue weighted by Crippen LogP contribution is -2.17. The number of anilines is 1. The summed E-state index contributed by atoms with van der Waals surface area (Å²) in [5.41, 5.74) is 3.10. The van der Waals surface area contributed by atoms with E-state index in [0.717, 1.165) is 52.4 Å². The molecule has 3 rings (SSSR count). The Morgan fingerprint density at radius 3 is 3.04 bits per heavy atom. The molecule has 0 fully saturated rings. The molecule has 0 saturated heterocycles. The predicted molar refractivity (Wildman–Crippen MR) is 103 cm³/mol. The lowest BCUT2D eigenvalue weighted by molar-refractivity contribution is 0.666.